The number of pyridine rings is 1. The van der Waals surface area contributed by atoms with Crippen molar-refractivity contribution in [3.05, 3.63) is 30.1 Å². The molecule has 1 heterocycles. The average molecular weight is 336 g/mol. The molecule has 0 atom stereocenters. The van der Waals surface area contributed by atoms with E-state index in [1.54, 1.807) is 6.20 Å². The molecule has 0 radical (unpaired) electrons. The van der Waals surface area contributed by atoms with Gasteiger partial charge in [0.1, 0.15) is 0 Å². The maximum absolute atomic E-state index is 8.87. The van der Waals surface area contributed by atoms with Gasteiger partial charge in [-0.3, -0.25) is 9.88 Å². The molecule has 0 aromatic carbocycles. The van der Waals surface area contributed by atoms with Crippen molar-refractivity contribution in [2.75, 3.05) is 18.4 Å². The van der Waals surface area contributed by atoms with Crippen LogP contribution in [0.15, 0.2) is 24.5 Å². The van der Waals surface area contributed by atoms with Crippen LogP contribution in [-0.2, 0) is 6.54 Å². The number of halogens is 1. The fraction of sp³-hybridized carbons (Fsp3) is 0.625. The maximum Gasteiger partial charge on any atom is 0.0635 e. The van der Waals surface area contributed by atoms with Crippen LogP contribution >= 0.6 is 15.9 Å². The minimum Gasteiger partial charge on any atom is -0.297 e. The van der Waals surface area contributed by atoms with Gasteiger partial charge in [0, 0.05) is 43.8 Å². The summed E-state index contributed by atoms with van der Waals surface area (Å²) in [4.78, 5) is 6.61. The predicted molar refractivity (Wildman–Crippen MR) is 84.4 cm³/mol. The van der Waals surface area contributed by atoms with Gasteiger partial charge in [-0.05, 0) is 29.9 Å². The number of alkyl halides is 1. The Hall–Kier alpha value is -0.920. The first-order valence-electron chi connectivity index (χ1n) is 7.32. The highest BCUT2D eigenvalue weighted by Crippen LogP contribution is 2.40. The minimum atomic E-state index is 0.400. The molecular weight excluding hydrogens is 314 g/mol. The van der Waals surface area contributed by atoms with Gasteiger partial charge in [-0.1, -0.05) is 34.8 Å². The first-order valence-corrected chi connectivity index (χ1v) is 8.44. The summed E-state index contributed by atoms with van der Waals surface area (Å²) in [6.07, 6.45) is 9.60. The van der Waals surface area contributed by atoms with E-state index >= 15 is 0 Å². The molecule has 1 aromatic heterocycles. The fourth-order valence-electron chi connectivity index (χ4n) is 3.11. The zero-order valence-electron chi connectivity index (χ0n) is 11.9. The number of nitriles is 1. The van der Waals surface area contributed by atoms with E-state index in [0.717, 1.165) is 25.0 Å². The Labute approximate surface area is 130 Å². The predicted octanol–water partition coefficient (Wildman–Crippen LogP) is 3.75. The summed E-state index contributed by atoms with van der Waals surface area (Å²) in [5.74, 6) is 0. The third kappa shape index (κ3) is 4.29. The molecule has 1 fully saturated rings. The van der Waals surface area contributed by atoms with E-state index in [1.165, 1.54) is 31.2 Å². The molecule has 108 valence electrons. The van der Waals surface area contributed by atoms with E-state index in [9.17, 15) is 0 Å². The second-order valence-electron chi connectivity index (χ2n) is 5.82. The molecule has 1 aliphatic carbocycles. The lowest BCUT2D eigenvalue weighted by atomic mass is 9.88. The maximum atomic E-state index is 8.87. The van der Waals surface area contributed by atoms with Crippen molar-refractivity contribution in [2.24, 2.45) is 5.41 Å². The van der Waals surface area contributed by atoms with Gasteiger partial charge in [0.2, 0.25) is 0 Å². The molecular formula is C16H22BrN3. The van der Waals surface area contributed by atoms with Gasteiger partial charge in [0.05, 0.1) is 6.07 Å². The zero-order valence-corrected chi connectivity index (χ0v) is 13.5. The van der Waals surface area contributed by atoms with E-state index in [-0.39, 0.29) is 0 Å². The molecule has 3 nitrogen and oxygen atoms in total. The number of hydrogen-bond acceptors (Lipinski definition) is 3. The number of hydrogen-bond donors (Lipinski definition) is 0. The molecule has 0 unspecified atom stereocenters. The van der Waals surface area contributed by atoms with Gasteiger partial charge in [-0.15, -0.1) is 0 Å². The van der Waals surface area contributed by atoms with Crippen LogP contribution in [0.1, 0.15) is 37.7 Å². The van der Waals surface area contributed by atoms with Crippen LogP contribution < -0.4 is 0 Å². The molecule has 0 amide bonds. The van der Waals surface area contributed by atoms with Crippen molar-refractivity contribution in [3.63, 3.8) is 0 Å². The van der Waals surface area contributed by atoms with Crippen molar-refractivity contribution in [2.45, 2.75) is 38.6 Å². The summed E-state index contributed by atoms with van der Waals surface area (Å²) in [6, 6.07) is 6.36. The van der Waals surface area contributed by atoms with Crippen LogP contribution in [-0.4, -0.2) is 28.3 Å². The fourth-order valence-corrected chi connectivity index (χ4v) is 3.84. The Morgan fingerprint density at radius 2 is 2.20 bits per heavy atom. The molecule has 0 N–H and O–H groups in total. The standard InChI is InChI=1S/C16H22BrN3/c17-13-16(6-1-2-7-16)14-20(10-4-8-18)12-15-5-3-9-19-11-15/h3,5,9,11H,1-2,4,6-7,10,12-14H2. The summed E-state index contributed by atoms with van der Waals surface area (Å²) in [6.45, 7) is 2.82. The Bertz CT molecular complexity index is 435. The Balaban J connectivity index is 2.01. The Kier molecular flexibility index (Phi) is 6.00. The molecule has 4 heteroatoms. The topological polar surface area (TPSA) is 39.9 Å². The van der Waals surface area contributed by atoms with Crippen molar-refractivity contribution in [1.82, 2.24) is 9.88 Å². The van der Waals surface area contributed by atoms with Crippen molar-refractivity contribution >= 4 is 15.9 Å². The van der Waals surface area contributed by atoms with Crippen LogP contribution in [0.25, 0.3) is 0 Å². The summed E-state index contributed by atoms with van der Waals surface area (Å²) in [5.41, 5.74) is 1.63. The van der Waals surface area contributed by atoms with E-state index in [2.05, 4.69) is 37.9 Å². The smallest absolute Gasteiger partial charge is 0.0635 e. The van der Waals surface area contributed by atoms with Gasteiger partial charge < -0.3 is 0 Å². The largest absolute Gasteiger partial charge is 0.297 e. The average Bonchev–Trinajstić information content (AvgIpc) is 2.95. The molecule has 1 saturated carbocycles. The third-order valence-corrected chi connectivity index (χ3v) is 5.37. The van der Waals surface area contributed by atoms with Crippen molar-refractivity contribution in [3.8, 4) is 6.07 Å². The van der Waals surface area contributed by atoms with Gasteiger partial charge in [0.25, 0.3) is 0 Å². The van der Waals surface area contributed by atoms with E-state index < -0.39 is 0 Å². The van der Waals surface area contributed by atoms with E-state index in [1.807, 2.05) is 12.3 Å². The molecule has 2 rings (SSSR count). The summed E-state index contributed by atoms with van der Waals surface area (Å²) in [7, 11) is 0. The molecule has 0 aliphatic heterocycles. The third-order valence-electron chi connectivity index (χ3n) is 4.18. The lowest BCUT2D eigenvalue weighted by Gasteiger charge is -2.34. The summed E-state index contributed by atoms with van der Waals surface area (Å²) in [5, 5.41) is 9.93. The molecule has 0 bridgehead atoms. The van der Waals surface area contributed by atoms with E-state index in [4.69, 9.17) is 5.26 Å². The highest BCUT2D eigenvalue weighted by Gasteiger charge is 2.34. The zero-order chi connectivity index (χ0) is 14.3. The van der Waals surface area contributed by atoms with Crippen LogP contribution in [0, 0.1) is 16.7 Å². The Morgan fingerprint density at radius 1 is 1.40 bits per heavy atom. The summed E-state index contributed by atoms with van der Waals surface area (Å²) < 4.78 is 0. The van der Waals surface area contributed by atoms with Crippen LogP contribution in [0.5, 0.6) is 0 Å². The molecule has 0 spiro atoms. The highest BCUT2D eigenvalue weighted by molar-refractivity contribution is 9.09. The van der Waals surface area contributed by atoms with Crippen LogP contribution in [0.3, 0.4) is 0 Å². The lowest BCUT2D eigenvalue weighted by Crippen LogP contribution is -2.37. The van der Waals surface area contributed by atoms with Gasteiger partial charge in [0.15, 0.2) is 0 Å². The lowest BCUT2D eigenvalue weighted by molar-refractivity contribution is 0.168. The number of aromatic nitrogens is 1. The normalized spacial score (nSPS) is 17.2. The first kappa shape index (κ1) is 15.5. The molecule has 20 heavy (non-hydrogen) atoms. The van der Waals surface area contributed by atoms with Crippen LogP contribution in [0.4, 0.5) is 0 Å². The molecule has 0 saturated heterocycles. The highest BCUT2D eigenvalue weighted by atomic mass is 79.9. The number of nitrogens with zero attached hydrogens (tertiary/aromatic N) is 3. The first-order chi connectivity index (χ1) is 9.78. The van der Waals surface area contributed by atoms with Crippen LogP contribution in [0.2, 0.25) is 0 Å². The van der Waals surface area contributed by atoms with Crippen molar-refractivity contribution < 1.29 is 0 Å². The van der Waals surface area contributed by atoms with Gasteiger partial charge >= 0.3 is 0 Å². The van der Waals surface area contributed by atoms with E-state index in [0.29, 0.717) is 11.8 Å². The monoisotopic (exact) mass is 335 g/mol. The second-order valence-corrected chi connectivity index (χ2v) is 6.38. The quantitative estimate of drug-likeness (QED) is 0.712. The minimum absolute atomic E-state index is 0.400. The number of rotatable bonds is 7. The molecule has 1 aliphatic rings. The molecule has 1 aromatic rings. The van der Waals surface area contributed by atoms with Crippen molar-refractivity contribution in [1.29, 1.82) is 5.26 Å². The SMILES string of the molecule is N#CCCN(Cc1cccnc1)CC1(CBr)CCCC1. The second kappa shape index (κ2) is 7.75. The van der Waals surface area contributed by atoms with Gasteiger partial charge in [-0.25, -0.2) is 0 Å². The van der Waals surface area contributed by atoms with Gasteiger partial charge in [-0.2, -0.15) is 5.26 Å². The Morgan fingerprint density at radius 3 is 2.80 bits per heavy atom. The summed E-state index contributed by atoms with van der Waals surface area (Å²) >= 11 is 3.71.